The molecule has 5 fully saturated rings. The van der Waals surface area contributed by atoms with Gasteiger partial charge < -0.3 is 55.2 Å². The van der Waals surface area contributed by atoms with Crippen LogP contribution in [-0.4, -0.2) is 155 Å². The lowest BCUT2D eigenvalue weighted by atomic mass is 9.56. The molecule has 412 valence electrons. The number of nitrogens with one attached hydrogen (secondary N) is 3. The molecule has 5 aliphatic rings. The Balaban J connectivity index is 0.714. The third kappa shape index (κ3) is 12.9. The molecule has 2 aromatic heterocycles. The van der Waals surface area contributed by atoms with Gasteiger partial charge in [-0.1, -0.05) is 44.9 Å². The number of likely N-dealkylation sites (tertiary alicyclic amines) is 2. The van der Waals surface area contributed by atoms with Gasteiger partial charge in [-0.3, -0.25) is 14.4 Å². The molecule has 18 heteroatoms. The van der Waals surface area contributed by atoms with Crippen LogP contribution in [-0.2, 0) is 25.7 Å². The largest absolute Gasteiger partial charge is 0.507 e. The summed E-state index contributed by atoms with van der Waals surface area (Å²) in [4.78, 5) is 60.7. The molecule has 77 heavy (non-hydrogen) atoms. The number of β-amino-alcohol motifs (C(OH)–C–C–N with tert-alkyl or cyclic N) is 1. The van der Waals surface area contributed by atoms with E-state index >= 15 is 0 Å². The second-order valence-electron chi connectivity index (χ2n) is 23.0. The second kappa shape index (κ2) is 24.4. The highest BCUT2D eigenvalue weighted by atomic mass is 16.5. The van der Waals surface area contributed by atoms with Crippen LogP contribution in [0.25, 0.3) is 11.3 Å². The summed E-state index contributed by atoms with van der Waals surface area (Å²) >= 11 is 0. The van der Waals surface area contributed by atoms with Gasteiger partial charge in [-0.15, -0.1) is 16.6 Å². The van der Waals surface area contributed by atoms with Crippen LogP contribution in [0.4, 0.5) is 17.5 Å². The number of amides is 3. The van der Waals surface area contributed by atoms with Crippen LogP contribution >= 0.6 is 0 Å². The number of carbonyl (C=O) groups excluding carboxylic acids is 3. The molecule has 3 aliphatic heterocycles. The van der Waals surface area contributed by atoms with Gasteiger partial charge in [-0.2, -0.15) is 0 Å². The van der Waals surface area contributed by atoms with Crippen LogP contribution < -0.4 is 30.5 Å². The van der Waals surface area contributed by atoms with Crippen molar-refractivity contribution < 1.29 is 34.1 Å². The minimum absolute atomic E-state index is 0.00715. The topological polar surface area (TPSA) is 211 Å². The molecule has 3 amide bonds. The fourth-order valence-electron chi connectivity index (χ4n) is 12.3. The van der Waals surface area contributed by atoms with Gasteiger partial charge >= 0.3 is 0 Å². The summed E-state index contributed by atoms with van der Waals surface area (Å²) in [6.07, 6.45) is 17.7. The number of aliphatic hydroxyl groups is 1. The Bertz CT molecular complexity index is 2710. The predicted octanol–water partition coefficient (Wildman–Crippen LogP) is 6.12. The number of carbonyl (C=O) groups is 3. The van der Waals surface area contributed by atoms with Crippen molar-refractivity contribution in [2.45, 2.75) is 129 Å². The van der Waals surface area contributed by atoms with E-state index in [1.54, 1.807) is 31.4 Å². The molecule has 1 spiro atoms. The van der Waals surface area contributed by atoms with Crippen molar-refractivity contribution in [1.82, 2.24) is 40.6 Å². The van der Waals surface area contributed by atoms with Crippen LogP contribution in [0.1, 0.15) is 115 Å². The normalized spacial score (nSPS) is 23.5. The van der Waals surface area contributed by atoms with Gasteiger partial charge in [0.1, 0.15) is 23.6 Å². The Morgan fingerprint density at radius 3 is 2.30 bits per heavy atom. The molecular formula is C59H79N11O7. The number of aliphatic hydroxyl groups excluding tert-OH is 1. The molecule has 2 aliphatic carbocycles. The predicted molar refractivity (Wildman–Crippen MR) is 296 cm³/mol. The number of phenols is 1. The molecule has 4 aromatic rings. The lowest BCUT2D eigenvalue weighted by molar-refractivity contribution is -0.145. The molecule has 9 rings (SSSR count). The first kappa shape index (κ1) is 55.2. The Morgan fingerprint density at radius 1 is 0.909 bits per heavy atom. The van der Waals surface area contributed by atoms with Gasteiger partial charge in [0.25, 0.3) is 0 Å². The zero-order chi connectivity index (χ0) is 54.3. The first-order valence-electron chi connectivity index (χ1n) is 27.9. The van der Waals surface area contributed by atoms with Crippen molar-refractivity contribution in [2.75, 3.05) is 87.8 Å². The number of nitrogens with zero attached hydrogens (tertiary/aromatic N) is 8. The van der Waals surface area contributed by atoms with Crippen LogP contribution in [0, 0.1) is 29.1 Å². The molecule has 18 nitrogen and oxygen atoms in total. The highest BCUT2D eigenvalue weighted by Crippen LogP contribution is 2.55. The molecular weight excluding hydrogens is 975 g/mol. The van der Waals surface area contributed by atoms with Crippen molar-refractivity contribution >= 4 is 35.2 Å². The fourth-order valence-corrected chi connectivity index (χ4v) is 12.3. The zero-order valence-electron chi connectivity index (χ0n) is 45.7. The zero-order valence-corrected chi connectivity index (χ0v) is 45.7. The van der Waals surface area contributed by atoms with E-state index in [-0.39, 0.29) is 54.3 Å². The Hall–Kier alpha value is -6.55. The van der Waals surface area contributed by atoms with Crippen LogP contribution in [0.15, 0.2) is 60.9 Å². The maximum Gasteiger partial charge on any atom is 0.246 e. The number of aromatic nitrogens is 4. The molecule has 5 N–H and O–H groups in total. The molecule has 3 saturated heterocycles. The standard InChI is InChI=1S/C59H79N11O7/c1-7-39-14-15-42(51(30-39)77-29-11-28-76-6)35-61-55(74)49-31-45(71)38-70(49)56(75)52(58(3,4)5)64-54(73)41-16-20-59(21-17-41)33-44(34-59)67-22-18-40(19-23-67)43-36-62-57(63-37-43)69-26-24-68(25-27-69)48-32-47(65-66-53(48)60-8-2)46-12-9-10-13-50(46)72/h1,9-10,12-15,30,32,36-37,40-41,44-45,49,52,71-72H,8,11,16-29,31,33-35,38H2,2-6H3,(H,60,66)(H,61,74)(H,64,73)/t41-,44-,45-,49+,52-,59?/m1/s1. The highest BCUT2D eigenvalue weighted by molar-refractivity contribution is 5.93. The van der Waals surface area contributed by atoms with E-state index in [9.17, 15) is 24.6 Å². The average Bonchev–Trinajstić information content (AvgIpc) is 3.85. The lowest BCUT2D eigenvalue weighted by Crippen LogP contribution is -2.59. The summed E-state index contributed by atoms with van der Waals surface area (Å²) < 4.78 is 11.1. The number of benzene rings is 2. The van der Waals surface area contributed by atoms with Gasteiger partial charge in [0.15, 0.2) is 5.82 Å². The Labute approximate surface area is 454 Å². The van der Waals surface area contributed by atoms with E-state index in [0.29, 0.717) is 54.2 Å². The third-order valence-corrected chi connectivity index (χ3v) is 16.8. The number of ether oxygens (including phenoxy) is 2. The van der Waals surface area contributed by atoms with Gasteiger partial charge in [0, 0.05) is 113 Å². The smallest absolute Gasteiger partial charge is 0.246 e. The number of piperidine rings is 1. The number of hydrogen-bond donors (Lipinski definition) is 5. The maximum atomic E-state index is 14.4. The number of methoxy groups -OCH3 is 1. The van der Waals surface area contributed by atoms with Crippen molar-refractivity contribution in [3.63, 3.8) is 0 Å². The first-order valence-corrected chi connectivity index (χ1v) is 27.9. The molecule has 2 saturated carbocycles. The monoisotopic (exact) mass is 1050 g/mol. The van der Waals surface area contributed by atoms with Crippen molar-refractivity contribution in [3.05, 3.63) is 77.6 Å². The van der Waals surface area contributed by atoms with Crippen LogP contribution in [0.5, 0.6) is 11.5 Å². The van der Waals surface area contributed by atoms with Crippen molar-refractivity contribution in [3.8, 4) is 35.1 Å². The van der Waals surface area contributed by atoms with Crippen LogP contribution in [0.3, 0.4) is 0 Å². The second-order valence-corrected chi connectivity index (χ2v) is 23.0. The van der Waals surface area contributed by atoms with Gasteiger partial charge in [0.05, 0.1) is 24.1 Å². The van der Waals surface area contributed by atoms with E-state index in [4.69, 9.17) is 25.9 Å². The number of anilines is 3. The van der Waals surface area contributed by atoms with Gasteiger partial charge in [0.2, 0.25) is 23.7 Å². The number of rotatable bonds is 18. The van der Waals surface area contributed by atoms with E-state index in [1.807, 2.05) is 64.4 Å². The summed E-state index contributed by atoms with van der Waals surface area (Å²) in [5, 5.41) is 39.7. The van der Waals surface area contributed by atoms with Gasteiger partial charge in [-0.25, -0.2) is 9.97 Å². The minimum Gasteiger partial charge on any atom is -0.507 e. The summed E-state index contributed by atoms with van der Waals surface area (Å²) in [7, 11) is 1.63. The van der Waals surface area contributed by atoms with Crippen molar-refractivity contribution in [2.24, 2.45) is 16.7 Å². The van der Waals surface area contributed by atoms with Gasteiger partial charge in [-0.05, 0) is 124 Å². The number of aromatic hydroxyl groups is 1. The lowest BCUT2D eigenvalue weighted by Gasteiger charge is -2.55. The highest BCUT2D eigenvalue weighted by Gasteiger charge is 2.50. The van der Waals surface area contributed by atoms with E-state index in [0.717, 1.165) is 120 Å². The molecule has 0 bridgehead atoms. The maximum absolute atomic E-state index is 14.4. The Morgan fingerprint density at radius 2 is 1.62 bits per heavy atom. The van der Waals surface area contributed by atoms with E-state index < -0.39 is 23.6 Å². The third-order valence-electron chi connectivity index (χ3n) is 16.8. The first-order chi connectivity index (χ1) is 37.1. The number of terminal acetylenes is 1. The SMILES string of the molecule is C#Cc1ccc(CNC(=O)[C@@H]2C[C@@H](O)CN2C(=O)[C@@H](NC(=O)[C@H]2CCC3(CC2)C[C@H](N2CCC(c4cnc(N5CCN(c6cc(-c7ccccc7O)nnc6NCC)CC5)nc4)CC2)C3)C(C)(C)C)c(OCCCOC)c1. The van der Waals surface area contributed by atoms with E-state index in [2.05, 4.69) is 46.8 Å². The van der Waals surface area contributed by atoms with E-state index in [1.165, 1.54) is 10.5 Å². The van der Waals surface area contributed by atoms with Crippen LogP contribution in [0.2, 0.25) is 0 Å². The summed E-state index contributed by atoms with van der Waals surface area (Å²) in [6, 6.07) is 13.4. The number of piperazine rings is 1. The molecule has 2 aromatic carbocycles. The Kier molecular flexibility index (Phi) is 17.5. The summed E-state index contributed by atoms with van der Waals surface area (Å²) in [5.41, 5.74) is 4.46. The average molecular weight is 1050 g/mol. The molecule has 0 radical (unpaired) electrons. The molecule has 5 heterocycles. The summed E-state index contributed by atoms with van der Waals surface area (Å²) in [6.45, 7) is 14.8. The quantitative estimate of drug-likeness (QED) is 0.0562. The molecule has 0 unspecified atom stereocenters. The number of phenolic OH excluding ortho intramolecular Hbond substituents is 1. The fraction of sp³-hybridized carbons (Fsp3) is 0.576. The minimum atomic E-state index is -0.897. The number of hydrogen-bond acceptors (Lipinski definition) is 15. The van der Waals surface area contributed by atoms with Crippen molar-refractivity contribution in [1.29, 1.82) is 0 Å². The summed E-state index contributed by atoms with van der Waals surface area (Å²) in [5.74, 6) is 4.23. The number of para-hydroxylation sites is 1. The molecule has 3 atom stereocenters.